The summed E-state index contributed by atoms with van der Waals surface area (Å²) in [6, 6.07) is 4.35. The van der Waals surface area contributed by atoms with Gasteiger partial charge >= 0.3 is 0 Å². The monoisotopic (exact) mass is 426 g/mol. The van der Waals surface area contributed by atoms with E-state index in [1.807, 2.05) is 6.07 Å². The number of amides is 1. The first-order valence-corrected chi connectivity index (χ1v) is 11.5. The Kier molecular flexibility index (Phi) is 6.85. The minimum atomic E-state index is -0.181. The van der Waals surface area contributed by atoms with Gasteiger partial charge in [-0.1, -0.05) is 31.7 Å². The molecular formula is C23H34N6O2. The number of nitrogens with zero attached hydrogens (tertiary/aromatic N) is 5. The van der Waals surface area contributed by atoms with E-state index in [4.69, 9.17) is 4.74 Å². The third kappa shape index (κ3) is 4.89. The van der Waals surface area contributed by atoms with Gasteiger partial charge in [-0.05, 0) is 66.3 Å². The average Bonchev–Trinajstić information content (AvgIpc) is 3.37. The van der Waals surface area contributed by atoms with Gasteiger partial charge in [-0.2, -0.15) is 0 Å². The number of carbonyl (C=O) groups is 1. The molecule has 2 atom stereocenters. The van der Waals surface area contributed by atoms with Crippen molar-refractivity contribution < 1.29 is 9.53 Å². The number of tetrazole rings is 1. The molecule has 1 saturated carbocycles. The molecule has 0 spiro atoms. The Hall–Kier alpha value is -2.48. The predicted molar refractivity (Wildman–Crippen MR) is 118 cm³/mol. The van der Waals surface area contributed by atoms with Crippen molar-refractivity contribution in [2.75, 3.05) is 13.7 Å². The summed E-state index contributed by atoms with van der Waals surface area (Å²) in [7, 11) is 1.70. The standard InChI is InChI=1S/C23H34N6O2/c1-16-17(2)22(31-3)11-10-18(16)13-28-14-20(29-15-24-26-27-29)12-21(28)23(30)25-19-8-6-4-5-7-9-19/h10-11,15,19-21H,4-9,12-14H2,1-3H3,(H,25,30)/t20-,21-/m0/s1. The minimum absolute atomic E-state index is 0.0968. The summed E-state index contributed by atoms with van der Waals surface area (Å²) in [5, 5.41) is 15.0. The molecule has 0 unspecified atom stereocenters. The predicted octanol–water partition coefficient (Wildman–Crippen LogP) is 2.95. The van der Waals surface area contributed by atoms with Crippen LogP contribution < -0.4 is 10.1 Å². The van der Waals surface area contributed by atoms with Crippen molar-refractivity contribution in [2.24, 2.45) is 0 Å². The highest BCUT2D eigenvalue weighted by Gasteiger charge is 2.39. The fourth-order valence-corrected chi connectivity index (χ4v) is 5.04. The fourth-order valence-electron chi connectivity index (χ4n) is 5.04. The molecule has 1 aliphatic heterocycles. The molecule has 0 bridgehead atoms. The van der Waals surface area contributed by atoms with Gasteiger partial charge in [0.05, 0.1) is 19.2 Å². The van der Waals surface area contributed by atoms with E-state index in [1.54, 1.807) is 18.1 Å². The van der Waals surface area contributed by atoms with E-state index in [1.165, 1.54) is 36.8 Å². The first kappa shape index (κ1) is 21.7. The Bertz CT molecular complexity index is 876. The molecule has 1 aromatic heterocycles. The second-order valence-electron chi connectivity index (χ2n) is 9.00. The van der Waals surface area contributed by atoms with Crippen LogP contribution in [0.2, 0.25) is 0 Å². The Morgan fingerprint density at radius 1 is 1.16 bits per heavy atom. The van der Waals surface area contributed by atoms with E-state index in [0.717, 1.165) is 43.7 Å². The molecule has 1 aromatic carbocycles. The average molecular weight is 427 g/mol. The van der Waals surface area contributed by atoms with Gasteiger partial charge in [0.1, 0.15) is 12.1 Å². The molecule has 8 heteroatoms. The lowest BCUT2D eigenvalue weighted by molar-refractivity contribution is -0.126. The van der Waals surface area contributed by atoms with Gasteiger partial charge in [0, 0.05) is 19.1 Å². The van der Waals surface area contributed by atoms with E-state index in [-0.39, 0.29) is 18.0 Å². The zero-order valence-electron chi connectivity index (χ0n) is 18.9. The highest BCUT2D eigenvalue weighted by Crippen LogP contribution is 2.31. The summed E-state index contributed by atoms with van der Waals surface area (Å²) in [4.78, 5) is 15.6. The molecule has 1 saturated heterocycles. The Morgan fingerprint density at radius 3 is 2.61 bits per heavy atom. The number of ether oxygens (including phenoxy) is 1. The van der Waals surface area contributed by atoms with Crippen LogP contribution in [-0.2, 0) is 11.3 Å². The third-order valence-electron chi connectivity index (χ3n) is 7.07. The van der Waals surface area contributed by atoms with Gasteiger partial charge in [-0.3, -0.25) is 9.69 Å². The maximum atomic E-state index is 13.4. The van der Waals surface area contributed by atoms with Crippen LogP contribution in [0.1, 0.15) is 67.7 Å². The maximum Gasteiger partial charge on any atom is 0.237 e. The summed E-state index contributed by atoms with van der Waals surface area (Å²) in [6.07, 6.45) is 9.51. The zero-order valence-corrected chi connectivity index (χ0v) is 18.9. The molecule has 168 valence electrons. The van der Waals surface area contributed by atoms with Crippen LogP contribution in [0.3, 0.4) is 0 Å². The van der Waals surface area contributed by atoms with Crippen molar-refractivity contribution in [3.8, 4) is 5.75 Å². The van der Waals surface area contributed by atoms with E-state index in [2.05, 4.69) is 45.7 Å². The van der Waals surface area contributed by atoms with Crippen molar-refractivity contribution in [3.05, 3.63) is 35.2 Å². The van der Waals surface area contributed by atoms with Crippen LogP contribution >= 0.6 is 0 Å². The lowest BCUT2D eigenvalue weighted by atomic mass is 10.0. The van der Waals surface area contributed by atoms with E-state index in [0.29, 0.717) is 6.04 Å². The Labute approximate surface area is 184 Å². The van der Waals surface area contributed by atoms with Gasteiger partial charge in [-0.25, -0.2) is 4.68 Å². The molecule has 31 heavy (non-hydrogen) atoms. The molecule has 1 N–H and O–H groups in total. The lowest BCUT2D eigenvalue weighted by Gasteiger charge is -2.27. The number of methoxy groups -OCH3 is 1. The van der Waals surface area contributed by atoms with Crippen LogP contribution in [0.25, 0.3) is 0 Å². The second-order valence-corrected chi connectivity index (χ2v) is 9.00. The number of likely N-dealkylation sites (tertiary alicyclic amines) is 1. The highest BCUT2D eigenvalue weighted by molar-refractivity contribution is 5.82. The van der Waals surface area contributed by atoms with Gasteiger partial charge in [0.25, 0.3) is 0 Å². The van der Waals surface area contributed by atoms with Crippen molar-refractivity contribution >= 4 is 5.91 Å². The van der Waals surface area contributed by atoms with Crippen LogP contribution in [0.15, 0.2) is 18.5 Å². The van der Waals surface area contributed by atoms with Gasteiger partial charge in [0.15, 0.2) is 0 Å². The third-order valence-corrected chi connectivity index (χ3v) is 7.07. The fraction of sp³-hybridized carbons (Fsp3) is 0.652. The summed E-state index contributed by atoms with van der Waals surface area (Å²) in [5.74, 6) is 1.04. The van der Waals surface area contributed by atoms with Gasteiger partial charge in [0.2, 0.25) is 5.91 Å². The van der Waals surface area contributed by atoms with Crippen LogP contribution in [-0.4, -0.2) is 56.8 Å². The lowest BCUT2D eigenvalue weighted by Crippen LogP contribution is -2.46. The van der Waals surface area contributed by atoms with Gasteiger partial charge < -0.3 is 10.1 Å². The molecule has 4 rings (SSSR count). The second kappa shape index (κ2) is 9.77. The number of nitrogens with one attached hydrogen (secondary N) is 1. The van der Waals surface area contributed by atoms with Gasteiger partial charge in [-0.15, -0.1) is 5.10 Å². The smallest absolute Gasteiger partial charge is 0.237 e. The minimum Gasteiger partial charge on any atom is -0.496 e. The zero-order chi connectivity index (χ0) is 21.8. The van der Waals surface area contributed by atoms with Crippen molar-refractivity contribution in [1.29, 1.82) is 0 Å². The number of rotatable bonds is 6. The molecule has 8 nitrogen and oxygen atoms in total. The summed E-state index contributed by atoms with van der Waals surface area (Å²) >= 11 is 0. The molecule has 2 aliphatic rings. The first-order chi connectivity index (χ1) is 15.1. The van der Waals surface area contributed by atoms with E-state index < -0.39 is 0 Å². The van der Waals surface area contributed by atoms with Crippen LogP contribution in [0.5, 0.6) is 5.75 Å². The van der Waals surface area contributed by atoms with Crippen LogP contribution in [0.4, 0.5) is 0 Å². The van der Waals surface area contributed by atoms with Crippen molar-refractivity contribution in [1.82, 2.24) is 30.4 Å². The maximum absolute atomic E-state index is 13.4. The molecule has 1 amide bonds. The summed E-state index contributed by atoms with van der Waals surface area (Å²) in [5.41, 5.74) is 3.59. The van der Waals surface area contributed by atoms with Crippen molar-refractivity contribution in [3.63, 3.8) is 0 Å². The number of carbonyl (C=O) groups excluding carboxylic acids is 1. The number of hydrogen-bond acceptors (Lipinski definition) is 6. The van der Waals surface area contributed by atoms with E-state index >= 15 is 0 Å². The largest absolute Gasteiger partial charge is 0.496 e. The molecule has 2 aromatic rings. The normalized spacial score (nSPS) is 22.9. The number of benzene rings is 1. The Morgan fingerprint density at radius 2 is 1.94 bits per heavy atom. The van der Waals surface area contributed by atoms with Crippen LogP contribution in [0, 0.1) is 13.8 Å². The molecule has 2 heterocycles. The first-order valence-electron chi connectivity index (χ1n) is 11.5. The molecule has 0 radical (unpaired) electrons. The van der Waals surface area contributed by atoms with Crippen molar-refractivity contribution in [2.45, 2.75) is 83.5 Å². The Balaban J connectivity index is 1.52. The van der Waals surface area contributed by atoms with E-state index in [9.17, 15) is 4.79 Å². The molecule has 2 fully saturated rings. The summed E-state index contributed by atoms with van der Waals surface area (Å²) < 4.78 is 7.26. The number of aromatic nitrogens is 4. The highest BCUT2D eigenvalue weighted by atomic mass is 16.5. The summed E-state index contributed by atoms with van der Waals surface area (Å²) in [6.45, 7) is 5.68. The molecule has 1 aliphatic carbocycles. The number of hydrogen-bond donors (Lipinski definition) is 1. The topological polar surface area (TPSA) is 85.2 Å². The quantitative estimate of drug-likeness (QED) is 0.715. The molecular weight excluding hydrogens is 392 g/mol. The SMILES string of the molecule is COc1ccc(CN2C[C@@H](n3cnnn3)C[C@H]2C(=O)NC2CCCCCC2)c(C)c1C.